The number of fused-ring (bicyclic) bond motifs is 4. The second-order valence-electron chi connectivity index (χ2n) is 8.21. The Hall–Kier alpha value is -2.77. The van der Waals surface area contributed by atoms with Gasteiger partial charge in [0.15, 0.2) is 0 Å². The monoisotopic (exact) mass is 392 g/mol. The topological polar surface area (TPSA) is 94.6 Å². The molecule has 1 saturated carbocycles. The van der Waals surface area contributed by atoms with Crippen molar-refractivity contribution in [1.82, 2.24) is 15.2 Å². The molecule has 1 aromatic heterocycles. The molecule has 3 aliphatic rings. The molecule has 3 heterocycles. The number of anilines is 1. The highest BCUT2D eigenvalue weighted by molar-refractivity contribution is 6.01. The van der Waals surface area contributed by atoms with Gasteiger partial charge in [0.05, 0.1) is 23.0 Å². The number of aromatic nitrogens is 1. The van der Waals surface area contributed by atoms with Gasteiger partial charge in [-0.25, -0.2) is 0 Å². The third kappa shape index (κ3) is 3.63. The van der Waals surface area contributed by atoms with Crippen LogP contribution < -0.4 is 10.6 Å². The summed E-state index contributed by atoms with van der Waals surface area (Å²) in [6.07, 6.45) is 2.71. The van der Waals surface area contributed by atoms with E-state index in [9.17, 15) is 14.7 Å². The second kappa shape index (κ2) is 7.24. The number of hydrogen-bond acceptors (Lipinski definition) is 5. The van der Waals surface area contributed by atoms with Gasteiger partial charge in [0.25, 0.3) is 5.91 Å². The van der Waals surface area contributed by atoms with Gasteiger partial charge in [-0.15, -0.1) is 0 Å². The summed E-state index contributed by atoms with van der Waals surface area (Å²) in [6, 6.07) is 10.1. The zero-order valence-electron chi connectivity index (χ0n) is 16.1. The van der Waals surface area contributed by atoms with E-state index >= 15 is 0 Å². The molecule has 0 unspecified atom stereocenters. The van der Waals surface area contributed by atoms with Crippen LogP contribution in [0.1, 0.15) is 39.5 Å². The molecule has 1 aliphatic carbocycles. The Kier molecular flexibility index (Phi) is 4.56. The first kappa shape index (κ1) is 18.3. The highest BCUT2D eigenvalue weighted by Crippen LogP contribution is 2.52. The number of nitrogens with zero attached hydrogens (tertiary/aromatic N) is 2. The average molecular weight is 392 g/mol. The number of nitrogens with one attached hydrogen (secondary N) is 2. The van der Waals surface area contributed by atoms with Crippen LogP contribution in [0.5, 0.6) is 0 Å². The smallest absolute Gasteiger partial charge is 0.253 e. The summed E-state index contributed by atoms with van der Waals surface area (Å²) in [5, 5.41) is 16.0. The molecule has 2 aliphatic heterocycles. The predicted molar refractivity (Wildman–Crippen MR) is 107 cm³/mol. The standard InChI is InChI=1S/C22H24N4O3/c27-16(12-26-6-5-13-3-1-2-4-14(13)11-26)10-24-21(28)15-7-19-20(23-9-15)17-8-18(17)22(29)25-19/h1-4,7,9,16-18,27H,5-6,8,10-12H2,(H,24,28)(H,25,29)/t16-,17+,18-/m0/s1. The maximum Gasteiger partial charge on any atom is 0.253 e. The van der Waals surface area contributed by atoms with Crippen molar-refractivity contribution < 1.29 is 14.7 Å². The van der Waals surface area contributed by atoms with E-state index in [4.69, 9.17) is 0 Å². The quantitative estimate of drug-likeness (QED) is 0.713. The van der Waals surface area contributed by atoms with E-state index in [2.05, 4.69) is 38.7 Å². The van der Waals surface area contributed by atoms with Crippen LogP contribution in [0.2, 0.25) is 0 Å². The molecule has 0 radical (unpaired) electrons. The van der Waals surface area contributed by atoms with E-state index in [-0.39, 0.29) is 30.2 Å². The zero-order chi connectivity index (χ0) is 20.0. The second-order valence-corrected chi connectivity index (χ2v) is 8.21. The minimum Gasteiger partial charge on any atom is -0.390 e. The molecule has 5 rings (SSSR count). The van der Waals surface area contributed by atoms with Crippen molar-refractivity contribution in [1.29, 1.82) is 0 Å². The molecule has 0 bridgehead atoms. The van der Waals surface area contributed by atoms with Gasteiger partial charge in [0.1, 0.15) is 0 Å². The van der Waals surface area contributed by atoms with Crippen molar-refractivity contribution in [3.8, 4) is 0 Å². The number of amides is 2. The molecule has 1 aromatic carbocycles. The van der Waals surface area contributed by atoms with Crippen LogP contribution in [0, 0.1) is 5.92 Å². The molecule has 150 valence electrons. The lowest BCUT2D eigenvalue weighted by molar-refractivity contribution is -0.117. The third-order valence-electron chi connectivity index (χ3n) is 6.09. The molecular formula is C22H24N4O3. The van der Waals surface area contributed by atoms with Crippen molar-refractivity contribution in [2.75, 3.05) is 25.0 Å². The first-order chi connectivity index (χ1) is 14.1. The largest absolute Gasteiger partial charge is 0.390 e. The summed E-state index contributed by atoms with van der Waals surface area (Å²) in [4.78, 5) is 31.0. The summed E-state index contributed by atoms with van der Waals surface area (Å²) in [7, 11) is 0. The molecule has 3 atom stereocenters. The normalized spacial score (nSPS) is 23.3. The Labute approximate surface area is 169 Å². The predicted octanol–water partition coefficient (Wildman–Crippen LogP) is 1.29. The number of carbonyl (C=O) groups excluding carboxylic acids is 2. The van der Waals surface area contributed by atoms with Crippen molar-refractivity contribution in [3.05, 3.63) is 58.9 Å². The fourth-order valence-corrected chi connectivity index (χ4v) is 4.39. The summed E-state index contributed by atoms with van der Waals surface area (Å²) >= 11 is 0. The van der Waals surface area contributed by atoms with Crippen LogP contribution in [-0.4, -0.2) is 52.5 Å². The number of pyridine rings is 1. The van der Waals surface area contributed by atoms with Gasteiger partial charge in [-0.1, -0.05) is 24.3 Å². The lowest BCUT2D eigenvalue weighted by Gasteiger charge is -2.30. The van der Waals surface area contributed by atoms with Gasteiger partial charge in [0, 0.05) is 44.2 Å². The van der Waals surface area contributed by atoms with Crippen molar-refractivity contribution in [2.45, 2.75) is 31.4 Å². The SMILES string of the molecule is O=C(NC[C@H](O)CN1CCc2ccccc2C1)c1cnc2c(c1)NC(=O)[C@H]1C[C@@H]21. The Morgan fingerprint density at radius 2 is 2.14 bits per heavy atom. The molecule has 29 heavy (non-hydrogen) atoms. The lowest BCUT2D eigenvalue weighted by Crippen LogP contribution is -2.42. The first-order valence-electron chi connectivity index (χ1n) is 10.1. The molecular weight excluding hydrogens is 368 g/mol. The molecule has 2 aromatic rings. The highest BCUT2D eigenvalue weighted by Gasteiger charge is 2.49. The number of rotatable bonds is 5. The zero-order valence-corrected chi connectivity index (χ0v) is 16.1. The summed E-state index contributed by atoms with van der Waals surface area (Å²) in [5.41, 5.74) is 4.57. The van der Waals surface area contributed by atoms with Gasteiger partial charge in [0.2, 0.25) is 5.91 Å². The van der Waals surface area contributed by atoms with Crippen molar-refractivity contribution in [2.24, 2.45) is 5.92 Å². The number of β-amino-alcohol motifs (C(OH)–C–C–N with tert-alkyl or cyclic N) is 1. The van der Waals surface area contributed by atoms with E-state index in [1.807, 2.05) is 6.07 Å². The van der Waals surface area contributed by atoms with Gasteiger partial charge in [-0.2, -0.15) is 0 Å². The van der Waals surface area contributed by atoms with Crippen LogP contribution in [0.4, 0.5) is 5.69 Å². The van der Waals surface area contributed by atoms with Gasteiger partial charge < -0.3 is 15.7 Å². The van der Waals surface area contributed by atoms with Gasteiger partial charge in [-0.3, -0.25) is 19.5 Å². The van der Waals surface area contributed by atoms with E-state index in [0.717, 1.165) is 31.6 Å². The highest BCUT2D eigenvalue weighted by atomic mass is 16.3. The van der Waals surface area contributed by atoms with E-state index < -0.39 is 6.10 Å². The fraction of sp³-hybridized carbons (Fsp3) is 0.409. The molecule has 0 spiro atoms. The van der Waals surface area contributed by atoms with Crippen LogP contribution >= 0.6 is 0 Å². The number of benzene rings is 1. The minimum absolute atomic E-state index is 0.0142. The lowest BCUT2D eigenvalue weighted by atomic mass is 10.00. The maximum atomic E-state index is 12.5. The molecule has 7 heteroatoms. The molecule has 1 fully saturated rings. The van der Waals surface area contributed by atoms with Crippen molar-refractivity contribution >= 4 is 17.5 Å². The number of aliphatic hydroxyl groups excluding tert-OH is 1. The third-order valence-corrected chi connectivity index (χ3v) is 6.09. The van der Waals surface area contributed by atoms with Gasteiger partial charge >= 0.3 is 0 Å². The van der Waals surface area contributed by atoms with Crippen LogP contribution in [0.3, 0.4) is 0 Å². The van der Waals surface area contributed by atoms with E-state index in [1.54, 1.807) is 12.3 Å². The Balaban J connectivity index is 1.15. The van der Waals surface area contributed by atoms with E-state index in [0.29, 0.717) is 17.8 Å². The maximum absolute atomic E-state index is 12.5. The van der Waals surface area contributed by atoms with Crippen LogP contribution in [-0.2, 0) is 17.8 Å². The van der Waals surface area contributed by atoms with Crippen LogP contribution in [0.15, 0.2) is 36.5 Å². The minimum atomic E-state index is -0.651. The molecule has 3 N–H and O–H groups in total. The molecule has 7 nitrogen and oxygen atoms in total. The van der Waals surface area contributed by atoms with Crippen molar-refractivity contribution in [3.63, 3.8) is 0 Å². The average Bonchev–Trinajstić information content (AvgIpc) is 3.53. The first-order valence-corrected chi connectivity index (χ1v) is 10.1. The van der Waals surface area contributed by atoms with Crippen LogP contribution in [0.25, 0.3) is 0 Å². The number of hydrogen-bond donors (Lipinski definition) is 3. The summed E-state index contributed by atoms with van der Waals surface area (Å²) in [6.45, 7) is 2.40. The number of aliphatic hydroxyl groups is 1. The Morgan fingerprint density at radius 1 is 1.31 bits per heavy atom. The molecule has 0 saturated heterocycles. The Morgan fingerprint density at radius 3 is 3.00 bits per heavy atom. The van der Waals surface area contributed by atoms with Gasteiger partial charge in [-0.05, 0) is 30.0 Å². The summed E-state index contributed by atoms with van der Waals surface area (Å²) < 4.78 is 0. The Bertz CT molecular complexity index is 976. The fourth-order valence-electron chi connectivity index (χ4n) is 4.39. The number of carbonyl (C=O) groups is 2. The van der Waals surface area contributed by atoms with E-state index in [1.165, 1.54) is 11.1 Å². The summed E-state index contributed by atoms with van der Waals surface area (Å²) in [5.74, 6) is -0.0326. The molecule has 2 amide bonds.